The van der Waals surface area contributed by atoms with Gasteiger partial charge in [-0.3, -0.25) is 9.59 Å². The summed E-state index contributed by atoms with van der Waals surface area (Å²) in [6, 6.07) is 14.6. The van der Waals surface area contributed by atoms with Gasteiger partial charge in [0.1, 0.15) is 17.5 Å². The van der Waals surface area contributed by atoms with Gasteiger partial charge in [-0.25, -0.2) is 13.2 Å². The van der Waals surface area contributed by atoms with E-state index in [9.17, 15) is 22.8 Å². The van der Waals surface area contributed by atoms with Crippen LogP contribution in [0.3, 0.4) is 0 Å². The maximum atomic E-state index is 13.7. The summed E-state index contributed by atoms with van der Waals surface area (Å²) >= 11 is 0. The second kappa shape index (κ2) is 8.39. The van der Waals surface area contributed by atoms with Crippen molar-refractivity contribution in [2.75, 3.05) is 5.32 Å². The smallest absolute Gasteiger partial charge is 0.255 e. The lowest BCUT2D eigenvalue weighted by molar-refractivity contribution is 0.0950. The Labute approximate surface area is 159 Å². The first-order valence-corrected chi connectivity index (χ1v) is 8.32. The van der Waals surface area contributed by atoms with E-state index in [2.05, 4.69) is 10.6 Å². The van der Waals surface area contributed by atoms with E-state index in [0.717, 1.165) is 12.1 Å². The van der Waals surface area contributed by atoms with Crippen LogP contribution in [0.1, 0.15) is 26.3 Å². The van der Waals surface area contributed by atoms with Crippen molar-refractivity contribution >= 4 is 17.5 Å². The highest BCUT2D eigenvalue weighted by Gasteiger charge is 2.13. The van der Waals surface area contributed by atoms with Gasteiger partial charge in [-0.2, -0.15) is 0 Å². The van der Waals surface area contributed by atoms with Gasteiger partial charge >= 0.3 is 0 Å². The van der Waals surface area contributed by atoms with Crippen LogP contribution < -0.4 is 10.6 Å². The molecule has 0 aliphatic carbocycles. The molecule has 0 aliphatic rings. The molecule has 0 atom stereocenters. The van der Waals surface area contributed by atoms with E-state index in [4.69, 9.17) is 0 Å². The van der Waals surface area contributed by atoms with Crippen molar-refractivity contribution in [3.05, 3.63) is 101 Å². The van der Waals surface area contributed by atoms with Crippen molar-refractivity contribution in [3.63, 3.8) is 0 Å². The molecule has 4 nitrogen and oxygen atoms in total. The molecule has 7 heteroatoms. The van der Waals surface area contributed by atoms with Crippen molar-refractivity contribution < 1.29 is 22.8 Å². The zero-order valence-corrected chi connectivity index (χ0v) is 14.5. The van der Waals surface area contributed by atoms with Crippen LogP contribution in [0.25, 0.3) is 0 Å². The summed E-state index contributed by atoms with van der Waals surface area (Å²) in [5.41, 5.74) is 0.447. The van der Waals surface area contributed by atoms with Crippen LogP contribution in [-0.2, 0) is 6.54 Å². The van der Waals surface area contributed by atoms with Gasteiger partial charge in [0.25, 0.3) is 11.8 Å². The predicted molar refractivity (Wildman–Crippen MR) is 98.3 cm³/mol. The molecule has 0 unspecified atom stereocenters. The average molecular weight is 384 g/mol. The topological polar surface area (TPSA) is 58.2 Å². The Morgan fingerprint density at radius 3 is 2.18 bits per heavy atom. The SMILES string of the molecule is O=C(NCc1ccccc1F)c1cccc(C(=O)Nc2ccc(F)cc2F)c1. The number of rotatable bonds is 5. The molecule has 3 rings (SSSR count). The molecule has 3 aromatic carbocycles. The fourth-order valence-corrected chi connectivity index (χ4v) is 2.51. The van der Waals surface area contributed by atoms with Crippen LogP contribution in [-0.4, -0.2) is 11.8 Å². The van der Waals surface area contributed by atoms with Gasteiger partial charge in [0.15, 0.2) is 0 Å². The molecular weight excluding hydrogens is 369 g/mol. The summed E-state index contributed by atoms with van der Waals surface area (Å²) in [5, 5.41) is 4.90. The molecule has 0 saturated carbocycles. The first kappa shape index (κ1) is 19.2. The first-order valence-electron chi connectivity index (χ1n) is 8.32. The zero-order valence-electron chi connectivity index (χ0n) is 14.5. The van der Waals surface area contributed by atoms with Crippen LogP contribution in [0.4, 0.5) is 18.9 Å². The minimum absolute atomic E-state index is 0.0112. The second-order valence-electron chi connectivity index (χ2n) is 5.93. The summed E-state index contributed by atoms with van der Waals surface area (Å²) in [7, 11) is 0. The third-order valence-electron chi connectivity index (χ3n) is 3.96. The van der Waals surface area contributed by atoms with Gasteiger partial charge in [0.2, 0.25) is 0 Å². The fraction of sp³-hybridized carbons (Fsp3) is 0.0476. The minimum atomic E-state index is -0.910. The molecule has 28 heavy (non-hydrogen) atoms. The van der Waals surface area contributed by atoms with Crippen molar-refractivity contribution in [1.82, 2.24) is 5.32 Å². The van der Waals surface area contributed by atoms with E-state index in [1.165, 1.54) is 30.3 Å². The van der Waals surface area contributed by atoms with Crippen LogP contribution in [0.15, 0.2) is 66.7 Å². The van der Waals surface area contributed by atoms with Gasteiger partial charge in [-0.1, -0.05) is 24.3 Å². The zero-order chi connectivity index (χ0) is 20.1. The summed E-state index contributed by atoms with van der Waals surface area (Å²) in [6.45, 7) is -0.0112. The molecule has 0 aliphatic heterocycles. The number of carbonyl (C=O) groups excluding carboxylic acids is 2. The summed E-state index contributed by atoms with van der Waals surface area (Å²) in [5.74, 6) is -3.26. The van der Waals surface area contributed by atoms with E-state index < -0.39 is 29.3 Å². The summed E-state index contributed by atoms with van der Waals surface area (Å²) < 4.78 is 40.2. The largest absolute Gasteiger partial charge is 0.348 e. The summed E-state index contributed by atoms with van der Waals surface area (Å²) in [6.07, 6.45) is 0. The Morgan fingerprint density at radius 2 is 1.46 bits per heavy atom. The third kappa shape index (κ3) is 4.56. The number of anilines is 1. The third-order valence-corrected chi connectivity index (χ3v) is 3.96. The van der Waals surface area contributed by atoms with Crippen LogP contribution in [0.5, 0.6) is 0 Å². The lowest BCUT2D eigenvalue weighted by Crippen LogP contribution is -2.24. The van der Waals surface area contributed by atoms with E-state index in [1.54, 1.807) is 18.2 Å². The van der Waals surface area contributed by atoms with Gasteiger partial charge in [0.05, 0.1) is 5.69 Å². The number of carbonyl (C=O) groups is 2. The minimum Gasteiger partial charge on any atom is -0.348 e. The summed E-state index contributed by atoms with van der Waals surface area (Å²) in [4.78, 5) is 24.6. The average Bonchev–Trinajstić information content (AvgIpc) is 2.69. The molecule has 0 heterocycles. The highest BCUT2D eigenvalue weighted by molar-refractivity contribution is 6.06. The van der Waals surface area contributed by atoms with E-state index in [1.807, 2.05) is 0 Å². The highest BCUT2D eigenvalue weighted by Crippen LogP contribution is 2.16. The number of halogens is 3. The van der Waals surface area contributed by atoms with E-state index >= 15 is 0 Å². The van der Waals surface area contributed by atoms with Crippen molar-refractivity contribution in [2.24, 2.45) is 0 Å². The predicted octanol–water partition coefficient (Wildman–Crippen LogP) is 4.29. The number of nitrogens with one attached hydrogen (secondary N) is 2. The number of hydrogen-bond acceptors (Lipinski definition) is 2. The van der Waals surface area contributed by atoms with Gasteiger partial charge in [-0.15, -0.1) is 0 Å². The van der Waals surface area contributed by atoms with E-state index in [-0.39, 0.29) is 23.4 Å². The molecule has 0 spiro atoms. The molecule has 2 amide bonds. The fourth-order valence-electron chi connectivity index (χ4n) is 2.51. The highest BCUT2D eigenvalue weighted by atomic mass is 19.1. The van der Waals surface area contributed by atoms with Crippen LogP contribution >= 0.6 is 0 Å². The molecule has 0 aromatic heterocycles. The Hall–Kier alpha value is -3.61. The van der Waals surface area contributed by atoms with Gasteiger partial charge in [-0.05, 0) is 36.4 Å². The van der Waals surface area contributed by atoms with E-state index in [0.29, 0.717) is 11.6 Å². The van der Waals surface area contributed by atoms with Crippen LogP contribution in [0.2, 0.25) is 0 Å². The Morgan fingerprint density at radius 1 is 0.750 bits per heavy atom. The number of hydrogen-bond donors (Lipinski definition) is 2. The maximum Gasteiger partial charge on any atom is 0.255 e. The van der Waals surface area contributed by atoms with Gasteiger partial charge in [0, 0.05) is 29.3 Å². The lowest BCUT2D eigenvalue weighted by atomic mass is 10.1. The van der Waals surface area contributed by atoms with Crippen molar-refractivity contribution in [2.45, 2.75) is 6.54 Å². The molecule has 0 fully saturated rings. The Bertz CT molecular complexity index is 1040. The monoisotopic (exact) mass is 384 g/mol. The quantitative estimate of drug-likeness (QED) is 0.690. The number of amides is 2. The van der Waals surface area contributed by atoms with Gasteiger partial charge < -0.3 is 10.6 Å². The molecule has 0 radical (unpaired) electrons. The molecule has 142 valence electrons. The molecule has 3 aromatic rings. The normalized spacial score (nSPS) is 10.4. The molecule has 0 bridgehead atoms. The standard InChI is InChI=1S/C21H15F3N2O2/c22-16-8-9-19(18(24)11-16)26-21(28)14-6-3-5-13(10-14)20(27)25-12-15-4-1-2-7-17(15)23/h1-11H,12H2,(H,25,27)(H,26,28). The second-order valence-corrected chi connectivity index (χ2v) is 5.93. The Kier molecular flexibility index (Phi) is 5.74. The van der Waals surface area contributed by atoms with Crippen molar-refractivity contribution in [1.29, 1.82) is 0 Å². The molecule has 2 N–H and O–H groups in total. The van der Waals surface area contributed by atoms with Crippen molar-refractivity contribution in [3.8, 4) is 0 Å². The molecular formula is C21H15F3N2O2. The van der Waals surface area contributed by atoms with Crippen LogP contribution in [0, 0.1) is 17.5 Å². The lowest BCUT2D eigenvalue weighted by Gasteiger charge is -2.09. The Balaban J connectivity index is 1.69. The molecule has 0 saturated heterocycles. The first-order chi connectivity index (χ1) is 13.4. The number of benzene rings is 3. The maximum absolute atomic E-state index is 13.7.